The van der Waals surface area contributed by atoms with E-state index in [1.54, 1.807) is 12.1 Å². The zero-order chi connectivity index (χ0) is 13.9. The largest absolute Gasteiger partial charge is 0.389 e. The summed E-state index contributed by atoms with van der Waals surface area (Å²) in [5.41, 5.74) is 6.90. The quantitative estimate of drug-likeness (QED) is 0.835. The fourth-order valence-corrected chi connectivity index (χ4v) is 2.05. The zero-order valence-corrected chi connectivity index (χ0v) is 13.1. The maximum absolute atomic E-state index is 11.9. The van der Waals surface area contributed by atoms with Gasteiger partial charge < -0.3 is 11.1 Å². The lowest BCUT2D eigenvalue weighted by Crippen LogP contribution is -2.22. The Balaban J connectivity index is 2.93. The van der Waals surface area contributed by atoms with Gasteiger partial charge in [0.2, 0.25) is 5.91 Å². The topological polar surface area (TPSA) is 55.1 Å². The van der Waals surface area contributed by atoms with Crippen molar-refractivity contribution < 1.29 is 4.79 Å². The molecule has 3 N–H and O–H groups in total. The summed E-state index contributed by atoms with van der Waals surface area (Å²) in [5.74, 6) is -0.0434. The molecule has 0 aliphatic heterocycles. The molecule has 0 aromatic heterocycles. The number of nitrogens with one attached hydrogen (secondary N) is 1. The van der Waals surface area contributed by atoms with Crippen LogP contribution in [0.25, 0.3) is 0 Å². The highest BCUT2D eigenvalue weighted by atomic mass is 79.9. The lowest BCUT2D eigenvalue weighted by molar-refractivity contribution is -0.117. The molecular formula is C13H17BrN2OS. The molecule has 0 saturated heterocycles. The highest BCUT2D eigenvalue weighted by Gasteiger charge is 2.17. The molecule has 1 aromatic carbocycles. The second-order valence-electron chi connectivity index (χ2n) is 5.34. The van der Waals surface area contributed by atoms with Crippen LogP contribution in [0.15, 0.2) is 22.7 Å². The van der Waals surface area contributed by atoms with E-state index in [0.29, 0.717) is 17.7 Å². The zero-order valence-electron chi connectivity index (χ0n) is 10.7. The van der Waals surface area contributed by atoms with E-state index >= 15 is 0 Å². The highest BCUT2D eigenvalue weighted by molar-refractivity contribution is 9.10. The number of hydrogen-bond acceptors (Lipinski definition) is 2. The Kier molecular flexibility index (Phi) is 4.87. The van der Waals surface area contributed by atoms with Gasteiger partial charge >= 0.3 is 0 Å². The Morgan fingerprint density at radius 2 is 2.06 bits per heavy atom. The van der Waals surface area contributed by atoms with Gasteiger partial charge in [0.1, 0.15) is 4.99 Å². The molecular weight excluding hydrogens is 312 g/mol. The van der Waals surface area contributed by atoms with Gasteiger partial charge in [0.15, 0.2) is 0 Å². The number of amides is 1. The van der Waals surface area contributed by atoms with Crippen LogP contribution >= 0.6 is 28.1 Å². The van der Waals surface area contributed by atoms with Crippen molar-refractivity contribution in [2.24, 2.45) is 11.1 Å². The second kappa shape index (κ2) is 5.80. The van der Waals surface area contributed by atoms with Crippen LogP contribution in [0, 0.1) is 5.41 Å². The van der Waals surface area contributed by atoms with Crippen LogP contribution in [0.3, 0.4) is 0 Å². The van der Waals surface area contributed by atoms with Gasteiger partial charge in [0.25, 0.3) is 0 Å². The number of rotatable bonds is 3. The fraction of sp³-hybridized carbons (Fsp3) is 0.385. The maximum Gasteiger partial charge on any atom is 0.224 e. The average molecular weight is 329 g/mol. The molecule has 3 nitrogen and oxygen atoms in total. The van der Waals surface area contributed by atoms with E-state index in [0.717, 1.165) is 4.47 Å². The van der Waals surface area contributed by atoms with E-state index in [1.165, 1.54) is 0 Å². The normalized spacial score (nSPS) is 11.1. The Bertz CT molecular complexity index is 480. The number of benzene rings is 1. The number of carbonyl (C=O) groups excluding carboxylic acids is 1. The van der Waals surface area contributed by atoms with E-state index in [4.69, 9.17) is 18.0 Å². The summed E-state index contributed by atoms with van der Waals surface area (Å²) in [6, 6.07) is 5.43. The first-order chi connectivity index (χ1) is 8.19. The first-order valence-electron chi connectivity index (χ1n) is 5.58. The Morgan fingerprint density at radius 1 is 1.44 bits per heavy atom. The number of anilines is 1. The molecule has 1 rings (SSSR count). The summed E-state index contributed by atoms with van der Waals surface area (Å²) in [4.78, 5) is 12.2. The van der Waals surface area contributed by atoms with Gasteiger partial charge in [0, 0.05) is 16.5 Å². The smallest absolute Gasteiger partial charge is 0.224 e. The molecule has 18 heavy (non-hydrogen) atoms. The van der Waals surface area contributed by atoms with Crippen LogP contribution in [0.1, 0.15) is 32.8 Å². The molecule has 0 radical (unpaired) electrons. The van der Waals surface area contributed by atoms with Crippen molar-refractivity contribution in [1.82, 2.24) is 0 Å². The van der Waals surface area contributed by atoms with Crippen LogP contribution in [-0.4, -0.2) is 10.9 Å². The highest BCUT2D eigenvalue weighted by Crippen LogP contribution is 2.24. The third-order valence-electron chi connectivity index (χ3n) is 2.21. The van der Waals surface area contributed by atoms with Crippen molar-refractivity contribution in [1.29, 1.82) is 0 Å². The molecule has 1 aromatic rings. The molecule has 5 heteroatoms. The maximum atomic E-state index is 11.9. The number of halogens is 1. The molecule has 0 saturated carbocycles. The Hall–Kier alpha value is -0.940. The van der Waals surface area contributed by atoms with Crippen LogP contribution in [-0.2, 0) is 4.79 Å². The van der Waals surface area contributed by atoms with Gasteiger partial charge in [-0.15, -0.1) is 0 Å². The third kappa shape index (κ3) is 4.74. The number of hydrogen-bond donors (Lipinski definition) is 2. The van der Waals surface area contributed by atoms with E-state index in [-0.39, 0.29) is 16.3 Å². The SMILES string of the molecule is CC(C)(C)CC(=O)Nc1cc(Br)ccc1C(N)=S. The van der Waals surface area contributed by atoms with Crippen molar-refractivity contribution >= 4 is 44.7 Å². The Morgan fingerprint density at radius 3 is 2.56 bits per heavy atom. The van der Waals surface area contributed by atoms with Gasteiger partial charge in [-0.3, -0.25) is 4.79 Å². The molecule has 0 spiro atoms. The lowest BCUT2D eigenvalue weighted by Gasteiger charge is -2.18. The minimum atomic E-state index is -0.0561. The standard InChI is InChI=1S/C13H17BrN2OS/c1-13(2,3)7-11(17)16-10-6-8(14)4-5-9(10)12(15)18/h4-6H,7H2,1-3H3,(H2,15,18)(H,16,17). The predicted octanol–water partition coefficient (Wildman–Crippen LogP) is 3.46. The van der Waals surface area contributed by atoms with E-state index in [9.17, 15) is 4.79 Å². The number of thiocarbonyl (C=S) groups is 1. The Labute approximate surface area is 121 Å². The first kappa shape index (κ1) is 15.1. The summed E-state index contributed by atoms with van der Waals surface area (Å²) in [5, 5.41) is 2.85. The average Bonchev–Trinajstić information content (AvgIpc) is 2.13. The lowest BCUT2D eigenvalue weighted by atomic mass is 9.92. The molecule has 0 aliphatic carbocycles. The van der Waals surface area contributed by atoms with E-state index in [1.807, 2.05) is 26.8 Å². The predicted molar refractivity (Wildman–Crippen MR) is 82.7 cm³/mol. The molecule has 0 unspecified atom stereocenters. The molecule has 0 aliphatic rings. The van der Waals surface area contributed by atoms with Gasteiger partial charge in [0.05, 0.1) is 5.69 Å². The van der Waals surface area contributed by atoms with Crippen molar-refractivity contribution in [2.45, 2.75) is 27.2 Å². The van der Waals surface area contributed by atoms with Gasteiger partial charge in [-0.25, -0.2) is 0 Å². The van der Waals surface area contributed by atoms with Crippen LogP contribution in [0.5, 0.6) is 0 Å². The van der Waals surface area contributed by atoms with E-state index in [2.05, 4.69) is 21.2 Å². The number of carbonyl (C=O) groups is 1. The molecule has 98 valence electrons. The van der Waals surface area contributed by atoms with Crippen molar-refractivity contribution in [3.8, 4) is 0 Å². The third-order valence-corrected chi connectivity index (χ3v) is 2.93. The molecule has 0 heterocycles. The first-order valence-corrected chi connectivity index (χ1v) is 6.78. The fourth-order valence-electron chi connectivity index (χ4n) is 1.51. The van der Waals surface area contributed by atoms with Crippen LogP contribution in [0.4, 0.5) is 5.69 Å². The van der Waals surface area contributed by atoms with Gasteiger partial charge in [-0.05, 0) is 23.6 Å². The summed E-state index contributed by atoms with van der Waals surface area (Å²) < 4.78 is 0.869. The summed E-state index contributed by atoms with van der Waals surface area (Å²) in [6.45, 7) is 6.05. The van der Waals surface area contributed by atoms with Gasteiger partial charge in [-0.1, -0.05) is 48.9 Å². The van der Waals surface area contributed by atoms with Crippen molar-refractivity contribution in [2.75, 3.05) is 5.32 Å². The van der Waals surface area contributed by atoms with Crippen molar-refractivity contribution in [3.05, 3.63) is 28.2 Å². The molecule has 0 fully saturated rings. The van der Waals surface area contributed by atoms with E-state index < -0.39 is 0 Å². The van der Waals surface area contributed by atoms with Crippen molar-refractivity contribution in [3.63, 3.8) is 0 Å². The minimum Gasteiger partial charge on any atom is -0.389 e. The monoisotopic (exact) mass is 328 g/mol. The minimum absolute atomic E-state index is 0.0434. The molecule has 1 amide bonds. The summed E-state index contributed by atoms with van der Waals surface area (Å²) in [6.07, 6.45) is 0.441. The molecule has 0 bridgehead atoms. The number of nitrogens with two attached hydrogens (primary N) is 1. The second-order valence-corrected chi connectivity index (χ2v) is 6.70. The summed E-state index contributed by atoms with van der Waals surface area (Å²) in [7, 11) is 0. The van der Waals surface area contributed by atoms with Gasteiger partial charge in [-0.2, -0.15) is 0 Å². The molecule has 0 atom stereocenters. The van der Waals surface area contributed by atoms with Crippen LogP contribution < -0.4 is 11.1 Å². The van der Waals surface area contributed by atoms with Crippen LogP contribution in [0.2, 0.25) is 0 Å². The summed E-state index contributed by atoms with van der Waals surface area (Å²) >= 11 is 8.33.